The van der Waals surface area contributed by atoms with Crippen molar-refractivity contribution in [2.45, 2.75) is 0 Å². The van der Waals surface area contributed by atoms with Crippen molar-refractivity contribution in [2.24, 2.45) is 4.99 Å². The molecule has 1 aromatic heterocycles. The van der Waals surface area contributed by atoms with E-state index in [-0.39, 0.29) is 5.75 Å². The fourth-order valence-corrected chi connectivity index (χ4v) is 2.22. The van der Waals surface area contributed by atoms with Crippen molar-refractivity contribution >= 4 is 34.4 Å². The van der Waals surface area contributed by atoms with Crippen LogP contribution in [0.15, 0.2) is 41.5 Å². The van der Waals surface area contributed by atoms with Crippen LogP contribution in [0.5, 0.6) is 11.5 Å². The molecule has 0 radical (unpaired) electrons. The number of aromatic nitrogens is 2. The van der Waals surface area contributed by atoms with Gasteiger partial charge in [-0.1, -0.05) is 11.6 Å². The van der Waals surface area contributed by atoms with Gasteiger partial charge in [0.2, 0.25) is 0 Å². The molecule has 5 nitrogen and oxygen atoms in total. The van der Waals surface area contributed by atoms with E-state index in [0.29, 0.717) is 16.3 Å². The molecule has 6 heteroatoms. The fourth-order valence-electron chi connectivity index (χ4n) is 2.00. The summed E-state index contributed by atoms with van der Waals surface area (Å²) in [6, 6.07) is 8.82. The molecule has 0 atom stereocenters. The highest BCUT2D eigenvalue weighted by atomic mass is 35.5. The second-order valence-electron chi connectivity index (χ2n) is 4.45. The van der Waals surface area contributed by atoms with E-state index in [1.54, 1.807) is 24.5 Å². The van der Waals surface area contributed by atoms with Crippen LogP contribution >= 0.6 is 11.6 Å². The zero-order chi connectivity index (χ0) is 14.8. The Morgan fingerprint density at radius 1 is 1.33 bits per heavy atom. The minimum Gasteiger partial charge on any atom is -0.504 e. The summed E-state index contributed by atoms with van der Waals surface area (Å²) < 4.78 is 5.06. The minimum absolute atomic E-state index is 0.00930. The van der Waals surface area contributed by atoms with Gasteiger partial charge in [-0.15, -0.1) is 0 Å². The molecule has 0 unspecified atom stereocenters. The van der Waals surface area contributed by atoms with Gasteiger partial charge < -0.3 is 9.84 Å². The number of ether oxygens (including phenoxy) is 1. The lowest BCUT2D eigenvalue weighted by atomic mass is 10.2. The molecule has 0 fully saturated rings. The molecule has 1 heterocycles. The Labute approximate surface area is 125 Å². The summed E-state index contributed by atoms with van der Waals surface area (Å²) >= 11 is 5.98. The average Bonchev–Trinajstić information content (AvgIpc) is 2.95. The first-order chi connectivity index (χ1) is 10.2. The highest BCUT2D eigenvalue weighted by molar-refractivity contribution is 6.31. The third-order valence-electron chi connectivity index (χ3n) is 3.07. The van der Waals surface area contributed by atoms with E-state index in [1.165, 1.54) is 7.11 Å². The molecule has 21 heavy (non-hydrogen) atoms. The zero-order valence-electron chi connectivity index (χ0n) is 11.2. The number of methoxy groups -OCH3 is 1. The number of rotatable bonds is 3. The van der Waals surface area contributed by atoms with Gasteiger partial charge in [-0.05, 0) is 24.3 Å². The zero-order valence-corrected chi connectivity index (χ0v) is 11.9. The average molecular weight is 302 g/mol. The molecule has 0 aliphatic carbocycles. The number of aromatic hydroxyl groups is 1. The maximum atomic E-state index is 10.0. The van der Waals surface area contributed by atoms with Crippen molar-refractivity contribution in [3.05, 3.63) is 47.1 Å². The van der Waals surface area contributed by atoms with Crippen LogP contribution in [0, 0.1) is 0 Å². The minimum atomic E-state index is 0.00930. The summed E-state index contributed by atoms with van der Waals surface area (Å²) in [4.78, 5) is 4.34. The van der Waals surface area contributed by atoms with Crippen LogP contribution in [0.3, 0.4) is 0 Å². The van der Waals surface area contributed by atoms with Crippen LogP contribution in [0.4, 0.5) is 5.69 Å². The second-order valence-corrected chi connectivity index (χ2v) is 4.88. The number of hydrogen-bond acceptors (Lipinski definition) is 4. The SMILES string of the molecule is COc1cc(Cl)cc(C=Nc2ccc3[nH]ncc3c2)c1O. The van der Waals surface area contributed by atoms with E-state index >= 15 is 0 Å². The lowest BCUT2D eigenvalue weighted by Crippen LogP contribution is -1.89. The van der Waals surface area contributed by atoms with Crippen LogP contribution in [0.25, 0.3) is 10.9 Å². The lowest BCUT2D eigenvalue weighted by Gasteiger charge is -2.06. The van der Waals surface area contributed by atoms with Crippen LogP contribution in [0.1, 0.15) is 5.56 Å². The van der Waals surface area contributed by atoms with Gasteiger partial charge in [-0.25, -0.2) is 0 Å². The smallest absolute Gasteiger partial charge is 0.166 e. The van der Waals surface area contributed by atoms with Crippen molar-refractivity contribution in [3.8, 4) is 11.5 Å². The van der Waals surface area contributed by atoms with Gasteiger partial charge in [-0.3, -0.25) is 10.1 Å². The topological polar surface area (TPSA) is 70.5 Å². The molecule has 0 aliphatic rings. The summed E-state index contributed by atoms with van der Waals surface area (Å²) in [5, 5.41) is 18.3. The van der Waals surface area contributed by atoms with E-state index in [2.05, 4.69) is 15.2 Å². The Bertz CT molecular complexity index is 827. The summed E-state index contributed by atoms with van der Waals surface area (Å²) in [7, 11) is 1.47. The first kappa shape index (κ1) is 13.5. The van der Waals surface area contributed by atoms with Crippen LogP contribution < -0.4 is 4.74 Å². The maximum Gasteiger partial charge on any atom is 0.166 e. The third kappa shape index (κ3) is 2.68. The number of benzene rings is 2. The number of halogens is 1. The molecule has 3 aromatic rings. The first-order valence-electron chi connectivity index (χ1n) is 6.21. The molecule has 0 aliphatic heterocycles. The summed E-state index contributed by atoms with van der Waals surface area (Å²) in [6.07, 6.45) is 3.28. The molecule has 0 saturated carbocycles. The van der Waals surface area contributed by atoms with Gasteiger partial charge in [-0.2, -0.15) is 5.10 Å². The second kappa shape index (κ2) is 5.46. The van der Waals surface area contributed by atoms with Gasteiger partial charge in [0, 0.05) is 28.3 Å². The predicted molar refractivity (Wildman–Crippen MR) is 83.0 cm³/mol. The number of aliphatic imine (C=N–C) groups is 1. The highest BCUT2D eigenvalue weighted by Gasteiger charge is 2.08. The summed E-state index contributed by atoms with van der Waals surface area (Å²) in [5.74, 6) is 0.323. The number of aromatic amines is 1. The van der Waals surface area contributed by atoms with Crippen molar-refractivity contribution in [3.63, 3.8) is 0 Å². The quantitative estimate of drug-likeness (QED) is 0.725. The first-order valence-corrected chi connectivity index (χ1v) is 6.59. The van der Waals surface area contributed by atoms with Gasteiger partial charge in [0.25, 0.3) is 0 Å². The van der Waals surface area contributed by atoms with E-state index in [9.17, 15) is 5.11 Å². The fraction of sp³-hybridized carbons (Fsp3) is 0.0667. The highest BCUT2D eigenvalue weighted by Crippen LogP contribution is 2.32. The molecular formula is C15H12ClN3O2. The van der Waals surface area contributed by atoms with Crippen LogP contribution in [0.2, 0.25) is 5.02 Å². The standard InChI is InChI=1S/C15H12ClN3O2/c1-21-14-6-11(16)4-10(15(14)20)7-17-12-2-3-13-9(5-12)8-18-19-13/h2-8,20H,1H3,(H,18,19). The van der Waals surface area contributed by atoms with Gasteiger partial charge in [0.1, 0.15) is 0 Å². The van der Waals surface area contributed by atoms with Crippen molar-refractivity contribution < 1.29 is 9.84 Å². The number of phenols is 1. The van der Waals surface area contributed by atoms with Crippen molar-refractivity contribution in [1.82, 2.24) is 10.2 Å². The lowest BCUT2D eigenvalue weighted by molar-refractivity contribution is 0.373. The normalized spacial score (nSPS) is 11.3. The van der Waals surface area contributed by atoms with Crippen molar-refractivity contribution in [1.29, 1.82) is 0 Å². The maximum absolute atomic E-state index is 10.0. The van der Waals surface area contributed by atoms with Crippen LogP contribution in [-0.4, -0.2) is 28.6 Å². The molecule has 0 saturated heterocycles. The molecule has 0 spiro atoms. The molecule has 0 bridgehead atoms. The summed E-state index contributed by atoms with van der Waals surface area (Å²) in [5.41, 5.74) is 2.19. The largest absolute Gasteiger partial charge is 0.504 e. The Kier molecular flexibility index (Phi) is 3.50. The number of nitrogens with one attached hydrogen (secondary N) is 1. The van der Waals surface area contributed by atoms with Gasteiger partial charge in [0.05, 0.1) is 24.5 Å². The van der Waals surface area contributed by atoms with Crippen LogP contribution in [-0.2, 0) is 0 Å². The third-order valence-corrected chi connectivity index (χ3v) is 3.28. The van der Waals surface area contributed by atoms with E-state index < -0.39 is 0 Å². The molecule has 106 valence electrons. The Balaban J connectivity index is 1.96. The van der Waals surface area contributed by atoms with E-state index in [1.807, 2.05) is 18.2 Å². The predicted octanol–water partition coefficient (Wildman–Crippen LogP) is 3.68. The molecule has 3 rings (SSSR count). The summed E-state index contributed by atoms with van der Waals surface area (Å²) in [6.45, 7) is 0. The van der Waals surface area contributed by atoms with E-state index in [0.717, 1.165) is 16.6 Å². The number of nitrogens with zero attached hydrogens (tertiary/aromatic N) is 2. The molecule has 2 N–H and O–H groups in total. The van der Waals surface area contributed by atoms with Gasteiger partial charge in [0.15, 0.2) is 11.5 Å². The molecular weight excluding hydrogens is 290 g/mol. The number of fused-ring (bicyclic) bond motifs is 1. The Morgan fingerprint density at radius 3 is 3.00 bits per heavy atom. The number of hydrogen-bond donors (Lipinski definition) is 2. The Hall–Kier alpha value is -2.53. The van der Waals surface area contributed by atoms with Gasteiger partial charge >= 0.3 is 0 Å². The molecule has 2 aromatic carbocycles. The monoisotopic (exact) mass is 301 g/mol. The molecule has 0 amide bonds. The Morgan fingerprint density at radius 2 is 2.19 bits per heavy atom. The number of H-pyrrole nitrogens is 1. The van der Waals surface area contributed by atoms with Crippen molar-refractivity contribution in [2.75, 3.05) is 7.11 Å². The number of phenolic OH excluding ortho intramolecular Hbond substituents is 1. The van der Waals surface area contributed by atoms with E-state index in [4.69, 9.17) is 16.3 Å².